The van der Waals surface area contributed by atoms with Crippen molar-refractivity contribution in [2.45, 2.75) is 19.9 Å². The van der Waals surface area contributed by atoms with Crippen LogP contribution in [-0.2, 0) is 16.6 Å². The summed E-state index contributed by atoms with van der Waals surface area (Å²) >= 11 is 0. The second kappa shape index (κ2) is 12.3. The number of hydrogen-bond acceptors (Lipinski definition) is 4. The molecule has 25 heavy (non-hydrogen) atoms. The zero-order chi connectivity index (χ0) is 18.0. The molecule has 1 rings (SSSR count). The van der Waals surface area contributed by atoms with E-state index in [4.69, 9.17) is 4.74 Å². The van der Waals surface area contributed by atoms with Gasteiger partial charge >= 0.3 is 0 Å². The van der Waals surface area contributed by atoms with Crippen molar-refractivity contribution >= 4 is 40.0 Å². The molecule has 0 atom stereocenters. The number of aliphatic imine (C=N–C) groups is 1. The lowest BCUT2D eigenvalue weighted by molar-refractivity contribution is 0.414. The zero-order valence-corrected chi connectivity index (χ0v) is 18.4. The smallest absolute Gasteiger partial charge is 0.213 e. The molecule has 1 aromatic carbocycles. The van der Waals surface area contributed by atoms with E-state index < -0.39 is 10.0 Å². The number of guanidine groups is 1. The van der Waals surface area contributed by atoms with Gasteiger partial charge in [0.05, 0.1) is 12.9 Å². The molecule has 0 amide bonds. The Bertz CT molecular complexity index is 638. The topological polar surface area (TPSA) is 83.0 Å². The van der Waals surface area contributed by atoms with E-state index in [0.717, 1.165) is 11.3 Å². The molecule has 0 radical (unpaired) electrons. The monoisotopic (exact) mass is 484 g/mol. The van der Waals surface area contributed by atoms with E-state index in [1.54, 1.807) is 28.1 Å². The highest BCUT2D eigenvalue weighted by Gasteiger charge is 2.13. The van der Waals surface area contributed by atoms with Crippen LogP contribution in [-0.4, -0.2) is 58.7 Å². The van der Waals surface area contributed by atoms with Gasteiger partial charge in [-0.05, 0) is 31.0 Å². The van der Waals surface area contributed by atoms with E-state index in [1.165, 1.54) is 4.31 Å². The van der Waals surface area contributed by atoms with E-state index in [1.807, 2.05) is 24.3 Å². The number of nitrogens with zero attached hydrogens (tertiary/aromatic N) is 2. The Balaban J connectivity index is 0.00000576. The van der Waals surface area contributed by atoms with E-state index >= 15 is 0 Å². The van der Waals surface area contributed by atoms with Crippen molar-refractivity contribution in [3.63, 3.8) is 0 Å². The first-order chi connectivity index (χ1) is 11.4. The number of methoxy groups -OCH3 is 1. The summed E-state index contributed by atoms with van der Waals surface area (Å²) < 4.78 is 29.9. The highest BCUT2D eigenvalue weighted by molar-refractivity contribution is 14.0. The van der Waals surface area contributed by atoms with Crippen molar-refractivity contribution in [1.82, 2.24) is 14.9 Å². The number of hydrogen-bond donors (Lipinski definition) is 2. The minimum absolute atomic E-state index is 0. The summed E-state index contributed by atoms with van der Waals surface area (Å²) in [5.74, 6) is 1.62. The number of rotatable bonds is 9. The first kappa shape index (κ1) is 23.9. The van der Waals surface area contributed by atoms with Crippen LogP contribution in [0.2, 0.25) is 0 Å². The standard InChI is InChI=1S/C16H28N4O3S.HI/c1-5-24(21,22)20(3)11-7-10-18-16(17-2)19-13-14-8-6-9-15(12-14)23-4;/h6,8-9,12H,5,7,10-11,13H2,1-4H3,(H2,17,18,19);1H. The molecule has 0 heterocycles. The third-order valence-corrected chi connectivity index (χ3v) is 5.46. The Labute approximate surface area is 168 Å². The Hall–Kier alpha value is -1.07. The molecule has 0 bridgehead atoms. The van der Waals surface area contributed by atoms with Gasteiger partial charge in [0.15, 0.2) is 5.96 Å². The molecular formula is C16H29IN4O3S. The highest BCUT2D eigenvalue weighted by atomic mass is 127. The SMILES string of the molecule is CCS(=O)(=O)N(C)CCCNC(=NC)NCc1cccc(OC)c1.I. The summed E-state index contributed by atoms with van der Waals surface area (Å²) in [5, 5.41) is 6.40. The molecule has 9 heteroatoms. The third-order valence-electron chi connectivity index (χ3n) is 3.60. The third kappa shape index (κ3) is 8.73. The second-order valence-electron chi connectivity index (χ2n) is 5.28. The predicted octanol–water partition coefficient (Wildman–Crippen LogP) is 1.65. The van der Waals surface area contributed by atoms with Crippen LogP contribution in [0.15, 0.2) is 29.3 Å². The maximum absolute atomic E-state index is 11.7. The Kier molecular flexibility index (Phi) is 11.8. The molecule has 1 aromatic rings. The first-order valence-electron chi connectivity index (χ1n) is 7.94. The first-order valence-corrected chi connectivity index (χ1v) is 9.55. The quantitative estimate of drug-likeness (QED) is 0.241. The van der Waals surface area contributed by atoms with E-state index in [2.05, 4.69) is 15.6 Å². The number of sulfonamides is 1. The van der Waals surface area contributed by atoms with Gasteiger partial charge < -0.3 is 15.4 Å². The molecule has 0 aliphatic rings. The molecule has 0 fully saturated rings. The Morgan fingerprint density at radius 1 is 1.32 bits per heavy atom. The Morgan fingerprint density at radius 2 is 2.04 bits per heavy atom. The van der Waals surface area contributed by atoms with Gasteiger partial charge in [0.1, 0.15) is 5.75 Å². The fourth-order valence-electron chi connectivity index (χ4n) is 2.06. The molecule has 0 aliphatic carbocycles. The average molecular weight is 484 g/mol. The average Bonchev–Trinajstić information content (AvgIpc) is 2.60. The van der Waals surface area contributed by atoms with Crippen LogP contribution in [0.25, 0.3) is 0 Å². The van der Waals surface area contributed by atoms with E-state index in [9.17, 15) is 8.42 Å². The van der Waals surface area contributed by atoms with Crippen molar-refractivity contribution < 1.29 is 13.2 Å². The second-order valence-corrected chi connectivity index (χ2v) is 7.64. The summed E-state index contributed by atoms with van der Waals surface area (Å²) in [6, 6.07) is 7.81. The van der Waals surface area contributed by atoms with Crippen LogP contribution in [0, 0.1) is 0 Å². The maximum Gasteiger partial charge on any atom is 0.213 e. The maximum atomic E-state index is 11.7. The lowest BCUT2D eigenvalue weighted by atomic mass is 10.2. The summed E-state index contributed by atoms with van der Waals surface area (Å²) in [7, 11) is 1.84. The van der Waals surface area contributed by atoms with Crippen molar-refractivity contribution in [3.8, 4) is 5.75 Å². The van der Waals surface area contributed by atoms with Crippen LogP contribution in [0.5, 0.6) is 5.75 Å². The van der Waals surface area contributed by atoms with Gasteiger partial charge in [-0.25, -0.2) is 12.7 Å². The molecule has 0 unspecified atom stereocenters. The number of ether oxygens (including phenoxy) is 1. The van der Waals surface area contributed by atoms with Gasteiger partial charge in [-0.1, -0.05) is 12.1 Å². The summed E-state index contributed by atoms with van der Waals surface area (Å²) in [5.41, 5.74) is 1.09. The largest absolute Gasteiger partial charge is 0.497 e. The van der Waals surface area contributed by atoms with E-state index in [0.29, 0.717) is 32.0 Å². The van der Waals surface area contributed by atoms with Crippen LogP contribution in [0.3, 0.4) is 0 Å². The fourth-order valence-corrected chi connectivity index (χ4v) is 2.90. The van der Waals surface area contributed by atoms with Crippen molar-refractivity contribution in [3.05, 3.63) is 29.8 Å². The van der Waals surface area contributed by atoms with Crippen LogP contribution < -0.4 is 15.4 Å². The van der Waals surface area contributed by atoms with Crippen molar-refractivity contribution in [1.29, 1.82) is 0 Å². The van der Waals surface area contributed by atoms with Crippen LogP contribution >= 0.6 is 24.0 Å². The number of benzene rings is 1. The van der Waals surface area contributed by atoms with Crippen molar-refractivity contribution in [2.24, 2.45) is 4.99 Å². The van der Waals surface area contributed by atoms with Crippen LogP contribution in [0.4, 0.5) is 0 Å². The van der Waals surface area contributed by atoms with Gasteiger partial charge in [0.25, 0.3) is 0 Å². The van der Waals surface area contributed by atoms with Gasteiger partial charge in [-0.15, -0.1) is 24.0 Å². The predicted molar refractivity (Wildman–Crippen MR) is 113 cm³/mol. The van der Waals surface area contributed by atoms with Gasteiger partial charge in [0.2, 0.25) is 10.0 Å². The lowest BCUT2D eigenvalue weighted by Crippen LogP contribution is -2.38. The number of nitrogens with one attached hydrogen (secondary N) is 2. The fraction of sp³-hybridized carbons (Fsp3) is 0.562. The van der Waals surface area contributed by atoms with Crippen molar-refractivity contribution in [2.75, 3.05) is 40.0 Å². The van der Waals surface area contributed by atoms with Crippen LogP contribution in [0.1, 0.15) is 18.9 Å². The molecule has 2 N–H and O–H groups in total. The lowest BCUT2D eigenvalue weighted by Gasteiger charge is -2.17. The number of halogens is 1. The molecule has 0 aromatic heterocycles. The molecule has 0 saturated carbocycles. The van der Waals surface area contributed by atoms with Gasteiger partial charge in [-0.2, -0.15) is 0 Å². The molecule has 0 saturated heterocycles. The molecule has 7 nitrogen and oxygen atoms in total. The molecule has 0 aliphatic heterocycles. The molecule has 0 spiro atoms. The summed E-state index contributed by atoms with van der Waals surface area (Å²) in [4.78, 5) is 4.16. The molecule has 144 valence electrons. The highest BCUT2D eigenvalue weighted by Crippen LogP contribution is 2.11. The van der Waals surface area contributed by atoms with Gasteiger partial charge in [0, 0.05) is 33.7 Å². The Morgan fingerprint density at radius 3 is 2.64 bits per heavy atom. The summed E-state index contributed by atoms with van der Waals surface area (Å²) in [6.45, 7) is 3.40. The summed E-state index contributed by atoms with van der Waals surface area (Å²) in [6.07, 6.45) is 0.704. The molecular weight excluding hydrogens is 455 g/mol. The minimum atomic E-state index is -3.11. The zero-order valence-electron chi connectivity index (χ0n) is 15.3. The van der Waals surface area contributed by atoms with Gasteiger partial charge in [-0.3, -0.25) is 4.99 Å². The normalized spacial score (nSPS) is 11.8. The minimum Gasteiger partial charge on any atom is -0.497 e. The van der Waals surface area contributed by atoms with E-state index in [-0.39, 0.29) is 29.7 Å².